The Hall–Kier alpha value is -1.30. The van der Waals surface area contributed by atoms with E-state index in [4.69, 9.17) is 5.11 Å². The predicted octanol–water partition coefficient (Wildman–Crippen LogP) is 0.356. The molecule has 18 heavy (non-hydrogen) atoms. The third-order valence-corrected chi connectivity index (χ3v) is 3.84. The van der Waals surface area contributed by atoms with Crippen molar-refractivity contribution < 1.29 is 19.8 Å². The van der Waals surface area contributed by atoms with Gasteiger partial charge in [-0.15, -0.1) is 0 Å². The van der Waals surface area contributed by atoms with Crippen LogP contribution < -0.4 is 0 Å². The van der Waals surface area contributed by atoms with Gasteiger partial charge in [0, 0.05) is 25.6 Å². The maximum atomic E-state index is 12.3. The van der Waals surface area contributed by atoms with Gasteiger partial charge in [-0.05, 0) is 19.3 Å². The maximum absolute atomic E-state index is 12.3. The molecule has 0 bridgehead atoms. The number of aliphatic carboxylic acids is 1. The number of carbonyl (C=O) groups excluding carboxylic acids is 1. The normalized spacial score (nSPS) is 36.2. The Kier molecular flexibility index (Phi) is 3.47. The molecule has 2 aliphatic heterocycles. The summed E-state index contributed by atoms with van der Waals surface area (Å²) in [4.78, 5) is 26.5. The third-order valence-electron chi connectivity index (χ3n) is 3.84. The second-order valence-corrected chi connectivity index (χ2v) is 5.52. The van der Waals surface area contributed by atoms with Crippen molar-refractivity contribution in [2.75, 3.05) is 13.1 Å². The average molecular weight is 256 g/mol. The van der Waals surface area contributed by atoms with E-state index in [2.05, 4.69) is 6.92 Å². The molecule has 102 valence electrons. The first-order valence-electron chi connectivity index (χ1n) is 6.38. The summed E-state index contributed by atoms with van der Waals surface area (Å²) in [5, 5.41) is 18.6. The molecule has 2 N–H and O–H groups in total. The number of hydrogen-bond donors (Lipinski definition) is 2. The van der Waals surface area contributed by atoms with Gasteiger partial charge in [0.25, 0.3) is 0 Å². The van der Waals surface area contributed by atoms with Crippen LogP contribution in [0.1, 0.15) is 26.7 Å². The van der Waals surface area contributed by atoms with Gasteiger partial charge in [0.2, 0.25) is 0 Å². The first-order valence-corrected chi connectivity index (χ1v) is 6.38. The topological polar surface area (TPSA) is 81.1 Å². The van der Waals surface area contributed by atoms with Gasteiger partial charge in [-0.1, -0.05) is 6.92 Å². The maximum Gasteiger partial charge on any atom is 0.326 e. The largest absolute Gasteiger partial charge is 0.480 e. The number of carboxylic acid groups (broad SMARTS) is 1. The first-order chi connectivity index (χ1) is 8.40. The van der Waals surface area contributed by atoms with E-state index in [-0.39, 0.29) is 25.0 Å². The first kappa shape index (κ1) is 13.1. The summed E-state index contributed by atoms with van der Waals surface area (Å²) in [5.41, 5.74) is 0. The molecule has 0 aromatic heterocycles. The number of nitrogens with zero attached hydrogens (tertiary/aromatic N) is 2. The molecule has 2 rings (SSSR count). The van der Waals surface area contributed by atoms with Crippen molar-refractivity contribution in [3.8, 4) is 0 Å². The van der Waals surface area contributed by atoms with Crippen molar-refractivity contribution in [1.82, 2.24) is 9.80 Å². The summed E-state index contributed by atoms with van der Waals surface area (Å²) in [6.45, 7) is 4.84. The summed E-state index contributed by atoms with van der Waals surface area (Å²) in [7, 11) is 0. The quantitative estimate of drug-likeness (QED) is 0.709. The molecule has 0 aliphatic carbocycles. The van der Waals surface area contributed by atoms with E-state index in [0.717, 1.165) is 6.42 Å². The van der Waals surface area contributed by atoms with Crippen LogP contribution >= 0.6 is 0 Å². The van der Waals surface area contributed by atoms with Gasteiger partial charge in [-0.3, -0.25) is 0 Å². The Morgan fingerprint density at radius 1 is 1.11 bits per heavy atom. The molecule has 4 unspecified atom stereocenters. The zero-order valence-corrected chi connectivity index (χ0v) is 10.7. The molecular weight excluding hydrogens is 236 g/mol. The van der Waals surface area contributed by atoms with E-state index < -0.39 is 18.1 Å². The fraction of sp³-hybridized carbons (Fsp3) is 0.833. The van der Waals surface area contributed by atoms with Gasteiger partial charge in [0.05, 0.1) is 6.10 Å². The minimum Gasteiger partial charge on any atom is -0.480 e. The van der Waals surface area contributed by atoms with Crippen LogP contribution in [-0.4, -0.2) is 63.3 Å². The van der Waals surface area contributed by atoms with Crippen LogP contribution in [0.5, 0.6) is 0 Å². The standard InChI is InChI=1S/C12H20N2O4/c1-7-3-8(2)13(5-7)12(18)14-6-9(15)4-10(14)11(16)17/h7-10,15H,3-6H2,1-2H3,(H,16,17). The zero-order chi connectivity index (χ0) is 13.4. The number of β-amino-alcohol motifs (C(OH)–C–C–N with tert-alkyl or cyclic N) is 1. The van der Waals surface area contributed by atoms with Crippen LogP contribution in [0.4, 0.5) is 4.79 Å². The molecule has 4 atom stereocenters. The minimum atomic E-state index is -1.04. The number of amides is 2. The fourth-order valence-corrected chi connectivity index (χ4v) is 2.99. The van der Waals surface area contributed by atoms with Gasteiger partial charge in [-0.2, -0.15) is 0 Å². The van der Waals surface area contributed by atoms with Gasteiger partial charge < -0.3 is 20.0 Å². The summed E-state index contributed by atoms with van der Waals surface area (Å²) >= 11 is 0. The predicted molar refractivity (Wildman–Crippen MR) is 64.1 cm³/mol. The molecule has 2 fully saturated rings. The van der Waals surface area contributed by atoms with Crippen LogP contribution in [-0.2, 0) is 4.79 Å². The van der Waals surface area contributed by atoms with Crippen LogP contribution in [0.25, 0.3) is 0 Å². The molecule has 2 heterocycles. The van der Waals surface area contributed by atoms with Crippen LogP contribution in [0, 0.1) is 5.92 Å². The van der Waals surface area contributed by atoms with E-state index in [1.807, 2.05) is 6.92 Å². The van der Waals surface area contributed by atoms with E-state index >= 15 is 0 Å². The summed E-state index contributed by atoms with van der Waals surface area (Å²) < 4.78 is 0. The Balaban J connectivity index is 2.10. The molecule has 6 nitrogen and oxygen atoms in total. The molecule has 0 spiro atoms. The molecule has 2 amide bonds. The SMILES string of the molecule is CC1CC(C)N(C(=O)N2CC(O)CC2C(=O)O)C1. The summed E-state index contributed by atoms with van der Waals surface area (Å²) in [6.07, 6.45) is 0.337. The van der Waals surface area contributed by atoms with Gasteiger partial charge in [0.15, 0.2) is 0 Å². The summed E-state index contributed by atoms with van der Waals surface area (Å²) in [5.74, 6) is -0.598. The molecule has 0 aromatic rings. The van der Waals surface area contributed by atoms with E-state index in [0.29, 0.717) is 12.5 Å². The van der Waals surface area contributed by atoms with E-state index in [1.54, 1.807) is 4.90 Å². The number of rotatable bonds is 1. The van der Waals surface area contributed by atoms with Crippen molar-refractivity contribution in [2.24, 2.45) is 5.92 Å². The Labute approximate surface area is 106 Å². The molecule has 2 saturated heterocycles. The highest BCUT2D eigenvalue weighted by Crippen LogP contribution is 2.27. The van der Waals surface area contributed by atoms with E-state index in [1.165, 1.54) is 4.90 Å². The summed E-state index contributed by atoms with van der Waals surface area (Å²) in [6, 6.07) is -1.01. The van der Waals surface area contributed by atoms with Crippen molar-refractivity contribution >= 4 is 12.0 Å². The molecule has 0 saturated carbocycles. The second-order valence-electron chi connectivity index (χ2n) is 5.52. The zero-order valence-electron chi connectivity index (χ0n) is 10.7. The molecular formula is C12H20N2O4. The number of carbonyl (C=O) groups is 2. The van der Waals surface area contributed by atoms with Gasteiger partial charge >= 0.3 is 12.0 Å². The van der Waals surface area contributed by atoms with Crippen molar-refractivity contribution in [3.05, 3.63) is 0 Å². The number of urea groups is 1. The van der Waals surface area contributed by atoms with Crippen molar-refractivity contribution in [3.63, 3.8) is 0 Å². The van der Waals surface area contributed by atoms with Gasteiger partial charge in [0.1, 0.15) is 6.04 Å². The Morgan fingerprint density at radius 2 is 1.78 bits per heavy atom. The highest BCUT2D eigenvalue weighted by atomic mass is 16.4. The second kappa shape index (κ2) is 4.76. The number of hydrogen-bond acceptors (Lipinski definition) is 3. The minimum absolute atomic E-state index is 0.118. The molecule has 0 radical (unpaired) electrons. The average Bonchev–Trinajstić information content (AvgIpc) is 2.81. The van der Waals surface area contributed by atoms with Crippen molar-refractivity contribution in [1.29, 1.82) is 0 Å². The number of likely N-dealkylation sites (tertiary alicyclic amines) is 2. The molecule has 6 heteroatoms. The number of aliphatic hydroxyl groups excluding tert-OH is 1. The van der Waals surface area contributed by atoms with Crippen LogP contribution in [0.15, 0.2) is 0 Å². The highest BCUT2D eigenvalue weighted by Gasteiger charge is 2.42. The van der Waals surface area contributed by atoms with Crippen molar-refractivity contribution in [2.45, 2.75) is 44.9 Å². The Bertz CT molecular complexity index is 360. The van der Waals surface area contributed by atoms with Crippen LogP contribution in [0.2, 0.25) is 0 Å². The Morgan fingerprint density at radius 3 is 2.28 bits per heavy atom. The lowest BCUT2D eigenvalue weighted by Gasteiger charge is -2.30. The molecule has 2 aliphatic rings. The highest BCUT2D eigenvalue weighted by molar-refractivity contribution is 5.83. The molecule has 0 aromatic carbocycles. The lowest BCUT2D eigenvalue weighted by atomic mass is 10.1. The van der Waals surface area contributed by atoms with Gasteiger partial charge in [-0.25, -0.2) is 9.59 Å². The van der Waals surface area contributed by atoms with E-state index in [9.17, 15) is 14.7 Å². The third kappa shape index (κ3) is 2.29. The lowest BCUT2D eigenvalue weighted by molar-refractivity contribution is -0.141. The number of aliphatic hydroxyl groups is 1. The van der Waals surface area contributed by atoms with Crippen LogP contribution in [0.3, 0.4) is 0 Å². The monoisotopic (exact) mass is 256 g/mol. The number of carboxylic acids is 1. The fourth-order valence-electron chi connectivity index (χ4n) is 2.99. The lowest BCUT2D eigenvalue weighted by Crippen LogP contribution is -2.49. The smallest absolute Gasteiger partial charge is 0.326 e.